The van der Waals surface area contributed by atoms with Gasteiger partial charge in [-0.3, -0.25) is 4.79 Å². The van der Waals surface area contributed by atoms with Crippen LogP contribution in [-0.2, 0) is 4.79 Å². The molecule has 0 spiro atoms. The largest absolute Gasteiger partial charge is 0.326 e. The van der Waals surface area contributed by atoms with Crippen molar-refractivity contribution in [1.82, 2.24) is 0 Å². The third-order valence-electron chi connectivity index (χ3n) is 2.04. The van der Waals surface area contributed by atoms with Gasteiger partial charge in [-0.1, -0.05) is 22.8 Å². The predicted octanol–water partition coefficient (Wildman–Crippen LogP) is 3.29. The number of aryl methyl sites for hydroxylation is 1. The Morgan fingerprint density at radius 3 is 2.88 bits per heavy atom. The summed E-state index contributed by atoms with van der Waals surface area (Å²) in [6, 6.07) is 4.44. The van der Waals surface area contributed by atoms with Gasteiger partial charge < -0.3 is 5.32 Å². The molecule has 0 fully saturated rings. The lowest BCUT2D eigenvalue weighted by Crippen LogP contribution is -2.22. The lowest BCUT2D eigenvalue weighted by atomic mass is 10.2. The van der Waals surface area contributed by atoms with E-state index in [0.717, 1.165) is 5.56 Å². The maximum atomic E-state index is 11.5. The Morgan fingerprint density at radius 2 is 2.31 bits per heavy atom. The zero-order valence-corrected chi connectivity index (χ0v) is 9.69. The number of rotatable bonds is 3. The third-order valence-corrected chi connectivity index (χ3v) is 2.45. The van der Waals surface area contributed by atoms with Crippen LogP contribution in [0.25, 0.3) is 10.4 Å². The van der Waals surface area contributed by atoms with Crippen molar-refractivity contribution in [1.29, 1.82) is 0 Å². The van der Waals surface area contributed by atoms with Crippen LogP contribution < -0.4 is 5.32 Å². The fourth-order valence-electron chi connectivity index (χ4n) is 1.05. The molecule has 1 amide bonds. The zero-order valence-electron chi connectivity index (χ0n) is 8.94. The van der Waals surface area contributed by atoms with Crippen LogP contribution in [-0.4, -0.2) is 11.9 Å². The number of nitrogens with zero attached hydrogens (tertiary/aromatic N) is 3. The molecule has 0 aliphatic carbocycles. The standard InChI is InChI=1S/C10H11ClN4O/c1-6-3-4-8(5-9(6)11)13-10(16)7(2)14-15-12/h3-5,7H,1-2H3,(H,13,16). The van der Waals surface area contributed by atoms with Crippen molar-refractivity contribution >= 4 is 23.2 Å². The van der Waals surface area contributed by atoms with Gasteiger partial charge in [0.05, 0.1) is 0 Å². The molecule has 1 rings (SSSR count). The van der Waals surface area contributed by atoms with E-state index in [2.05, 4.69) is 15.3 Å². The van der Waals surface area contributed by atoms with Crippen molar-refractivity contribution in [2.75, 3.05) is 5.32 Å². The average Bonchev–Trinajstić information content (AvgIpc) is 2.24. The fourth-order valence-corrected chi connectivity index (χ4v) is 1.23. The Morgan fingerprint density at radius 1 is 1.62 bits per heavy atom. The number of anilines is 1. The SMILES string of the molecule is Cc1ccc(NC(=O)C(C)N=[N+]=[N-])cc1Cl. The molecular weight excluding hydrogens is 228 g/mol. The maximum absolute atomic E-state index is 11.5. The molecule has 16 heavy (non-hydrogen) atoms. The normalized spacial score (nSPS) is 11.4. The minimum absolute atomic E-state index is 0.363. The van der Waals surface area contributed by atoms with E-state index in [1.54, 1.807) is 18.2 Å². The Balaban J connectivity index is 2.77. The van der Waals surface area contributed by atoms with Crippen molar-refractivity contribution in [2.24, 2.45) is 5.11 Å². The van der Waals surface area contributed by atoms with Crippen LogP contribution in [0, 0.1) is 6.92 Å². The Kier molecular flexibility index (Phi) is 4.17. The van der Waals surface area contributed by atoms with Gasteiger partial charge in [-0.15, -0.1) is 0 Å². The topological polar surface area (TPSA) is 77.9 Å². The van der Waals surface area contributed by atoms with Crippen molar-refractivity contribution in [3.63, 3.8) is 0 Å². The highest BCUT2D eigenvalue weighted by atomic mass is 35.5. The van der Waals surface area contributed by atoms with E-state index in [9.17, 15) is 4.79 Å². The van der Waals surface area contributed by atoms with Crippen LogP contribution in [0.2, 0.25) is 5.02 Å². The molecule has 0 saturated carbocycles. The maximum Gasteiger partial charge on any atom is 0.233 e. The monoisotopic (exact) mass is 238 g/mol. The molecule has 84 valence electrons. The summed E-state index contributed by atoms with van der Waals surface area (Å²) in [5.41, 5.74) is 9.71. The van der Waals surface area contributed by atoms with Gasteiger partial charge in [0.15, 0.2) is 0 Å². The lowest BCUT2D eigenvalue weighted by molar-refractivity contribution is -0.117. The summed E-state index contributed by atoms with van der Waals surface area (Å²) >= 11 is 5.90. The van der Waals surface area contributed by atoms with Crippen molar-refractivity contribution in [3.8, 4) is 0 Å². The molecule has 5 nitrogen and oxygen atoms in total. The summed E-state index contributed by atoms with van der Waals surface area (Å²) in [7, 11) is 0. The first-order valence-corrected chi connectivity index (χ1v) is 5.03. The zero-order chi connectivity index (χ0) is 12.1. The molecule has 0 aliphatic heterocycles. The second-order valence-corrected chi connectivity index (χ2v) is 3.74. The molecule has 0 heterocycles. The first-order valence-electron chi connectivity index (χ1n) is 4.66. The Bertz CT molecular complexity index is 454. The van der Waals surface area contributed by atoms with Gasteiger partial charge >= 0.3 is 0 Å². The molecule has 0 bridgehead atoms. The highest BCUT2D eigenvalue weighted by Crippen LogP contribution is 2.20. The summed E-state index contributed by atoms with van der Waals surface area (Å²) in [5, 5.41) is 6.48. The van der Waals surface area contributed by atoms with Gasteiger partial charge in [0.25, 0.3) is 0 Å². The van der Waals surface area contributed by atoms with E-state index in [0.29, 0.717) is 10.7 Å². The smallest absolute Gasteiger partial charge is 0.233 e. The number of amides is 1. The van der Waals surface area contributed by atoms with Crippen LogP contribution in [0.15, 0.2) is 23.3 Å². The first kappa shape index (κ1) is 12.4. The highest BCUT2D eigenvalue weighted by molar-refractivity contribution is 6.31. The highest BCUT2D eigenvalue weighted by Gasteiger charge is 2.10. The van der Waals surface area contributed by atoms with Crippen LogP contribution in [0.3, 0.4) is 0 Å². The van der Waals surface area contributed by atoms with Gasteiger partial charge in [0.2, 0.25) is 5.91 Å². The molecule has 0 radical (unpaired) electrons. The van der Waals surface area contributed by atoms with Crippen molar-refractivity contribution in [3.05, 3.63) is 39.2 Å². The summed E-state index contributed by atoms with van der Waals surface area (Å²) in [6.45, 7) is 3.39. The number of carbonyl (C=O) groups is 1. The quantitative estimate of drug-likeness (QED) is 0.490. The molecule has 6 heteroatoms. The van der Waals surface area contributed by atoms with E-state index in [1.807, 2.05) is 6.92 Å². The van der Waals surface area contributed by atoms with Crippen LogP contribution in [0.4, 0.5) is 5.69 Å². The van der Waals surface area contributed by atoms with E-state index in [-0.39, 0.29) is 5.91 Å². The first-order chi connectivity index (χ1) is 7.54. The van der Waals surface area contributed by atoms with Gasteiger partial charge in [-0.05, 0) is 37.1 Å². The van der Waals surface area contributed by atoms with Crippen molar-refractivity contribution in [2.45, 2.75) is 19.9 Å². The summed E-state index contributed by atoms with van der Waals surface area (Å²) in [5.74, 6) is -0.363. The molecule has 0 aliphatic rings. The van der Waals surface area contributed by atoms with E-state index < -0.39 is 6.04 Å². The minimum atomic E-state index is -0.745. The van der Waals surface area contributed by atoms with Crippen LogP contribution in [0.1, 0.15) is 12.5 Å². The second kappa shape index (κ2) is 5.39. The molecular formula is C10H11ClN4O. The van der Waals surface area contributed by atoms with Gasteiger partial charge in [-0.25, -0.2) is 0 Å². The second-order valence-electron chi connectivity index (χ2n) is 3.33. The van der Waals surface area contributed by atoms with E-state index in [1.165, 1.54) is 6.92 Å². The number of benzene rings is 1. The lowest BCUT2D eigenvalue weighted by Gasteiger charge is -2.08. The van der Waals surface area contributed by atoms with Gasteiger partial charge in [0, 0.05) is 15.6 Å². The number of halogens is 1. The molecule has 1 aromatic rings. The molecule has 1 N–H and O–H groups in total. The summed E-state index contributed by atoms with van der Waals surface area (Å²) in [4.78, 5) is 14.0. The number of azide groups is 1. The summed E-state index contributed by atoms with van der Waals surface area (Å²) < 4.78 is 0. The van der Waals surface area contributed by atoms with Gasteiger partial charge in [-0.2, -0.15) is 0 Å². The molecule has 1 atom stereocenters. The summed E-state index contributed by atoms with van der Waals surface area (Å²) in [6.07, 6.45) is 0. The number of carbonyl (C=O) groups excluding carboxylic acids is 1. The Hall–Kier alpha value is -1.71. The molecule has 0 saturated heterocycles. The van der Waals surface area contributed by atoms with Crippen LogP contribution in [0.5, 0.6) is 0 Å². The third kappa shape index (κ3) is 3.15. The molecule has 1 unspecified atom stereocenters. The molecule has 1 aromatic carbocycles. The Labute approximate surface area is 98.0 Å². The van der Waals surface area contributed by atoms with Crippen molar-refractivity contribution < 1.29 is 4.79 Å². The van der Waals surface area contributed by atoms with E-state index in [4.69, 9.17) is 17.1 Å². The number of hydrogen-bond acceptors (Lipinski definition) is 2. The van der Waals surface area contributed by atoms with Crippen LogP contribution >= 0.6 is 11.6 Å². The number of hydrogen-bond donors (Lipinski definition) is 1. The van der Waals surface area contributed by atoms with E-state index >= 15 is 0 Å². The molecule has 0 aromatic heterocycles. The van der Waals surface area contributed by atoms with Gasteiger partial charge in [0.1, 0.15) is 6.04 Å². The fraction of sp³-hybridized carbons (Fsp3) is 0.300. The number of nitrogens with one attached hydrogen (secondary N) is 1. The minimum Gasteiger partial charge on any atom is -0.326 e. The predicted molar refractivity (Wildman–Crippen MR) is 63.4 cm³/mol. The average molecular weight is 239 g/mol.